The van der Waals surface area contributed by atoms with Crippen molar-refractivity contribution in [1.82, 2.24) is 9.55 Å². The van der Waals surface area contributed by atoms with Crippen molar-refractivity contribution >= 4 is 5.95 Å². The summed E-state index contributed by atoms with van der Waals surface area (Å²) in [4.78, 5) is 4.19. The molecule has 3 heteroatoms. The molecule has 0 radical (unpaired) electrons. The Morgan fingerprint density at radius 2 is 1.67 bits per heavy atom. The summed E-state index contributed by atoms with van der Waals surface area (Å²) in [5.74, 6) is 0.539. The van der Waals surface area contributed by atoms with Crippen LogP contribution >= 0.6 is 0 Å². The molecule has 0 spiro atoms. The van der Waals surface area contributed by atoms with Gasteiger partial charge in [-0.2, -0.15) is 0 Å². The van der Waals surface area contributed by atoms with Gasteiger partial charge in [-0.1, -0.05) is 6.07 Å². The number of rotatable bonds is 1. The molecule has 2 N–H and O–H groups in total. The third-order valence-corrected chi connectivity index (χ3v) is 2.34. The lowest BCUT2D eigenvalue weighted by Gasteiger charge is -2.07. The molecule has 0 fully saturated rings. The zero-order valence-corrected chi connectivity index (χ0v) is 9.28. The molecule has 0 saturated carbocycles. The summed E-state index contributed by atoms with van der Waals surface area (Å²) in [7, 11) is 0. The quantitative estimate of drug-likeness (QED) is 0.769. The van der Waals surface area contributed by atoms with Gasteiger partial charge in [0.25, 0.3) is 0 Å². The number of hydrogen-bond donors (Lipinski definition) is 1. The first-order valence-corrected chi connectivity index (χ1v) is 4.96. The Morgan fingerprint density at radius 3 is 2.13 bits per heavy atom. The number of imidazole rings is 1. The van der Waals surface area contributed by atoms with Crippen LogP contribution in [-0.2, 0) is 0 Å². The second kappa shape index (κ2) is 3.42. The average molecular weight is 201 g/mol. The number of aromatic nitrogens is 2. The van der Waals surface area contributed by atoms with Crippen LogP contribution in [0.5, 0.6) is 0 Å². The summed E-state index contributed by atoms with van der Waals surface area (Å²) in [5.41, 5.74) is 10.3. The number of anilines is 1. The molecule has 2 aromatic rings. The predicted octanol–water partition coefficient (Wildman–Crippen LogP) is 2.38. The summed E-state index contributed by atoms with van der Waals surface area (Å²) < 4.78 is 1.91. The third-order valence-electron chi connectivity index (χ3n) is 2.34. The summed E-state index contributed by atoms with van der Waals surface area (Å²) in [6.45, 7) is 6.10. The SMILES string of the molecule is Cc1cc(C)cc(-n2cc(C)nc2N)c1. The molecule has 0 aliphatic rings. The molecule has 1 heterocycles. The van der Waals surface area contributed by atoms with E-state index >= 15 is 0 Å². The van der Waals surface area contributed by atoms with Crippen LogP contribution in [0.25, 0.3) is 5.69 Å². The van der Waals surface area contributed by atoms with Crippen molar-refractivity contribution in [3.05, 3.63) is 41.2 Å². The number of nitrogens with two attached hydrogens (primary N) is 1. The fourth-order valence-corrected chi connectivity index (χ4v) is 1.81. The van der Waals surface area contributed by atoms with Crippen molar-refractivity contribution in [3.8, 4) is 5.69 Å². The van der Waals surface area contributed by atoms with Gasteiger partial charge in [0, 0.05) is 11.9 Å². The summed E-state index contributed by atoms with van der Waals surface area (Å²) >= 11 is 0. The molecule has 15 heavy (non-hydrogen) atoms. The molecule has 0 saturated heterocycles. The molecule has 0 bridgehead atoms. The standard InChI is InChI=1S/C12H15N3/c1-8-4-9(2)6-11(5-8)15-7-10(3)14-12(15)13/h4-7H,1-3H3,(H2,13,14). The maximum absolute atomic E-state index is 5.83. The van der Waals surface area contributed by atoms with Crippen LogP contribution < -0.4 is 5.73 Å². The van der Waals surface area contributed by atoms with E-state index in [1.54, 1.807) is 0 Å². The lowest BCUT2D eigenvalue weighted by atomic mass is 10.1. The first kappa shape index (κ1) is 9.77. The fourth-order valence-electron chi connectivity index (χ4n) is 1.81. The number of aryl methyl sites for hydroxylation is 3. The first-order valence-electron chi connectivity index (χ1n) is 4.96. The summed E-state index contributed by atoms with van der Waals surface area (Å²) in [6.07, 6.45) is 1.95. The zero-order chi connectivity index (χ0) is 11.0. The zero-order valence-electron chi connectivity index (χ0n) is 9.28. The highest BCUT2D eigenvalue weighted by atomic mass is 15.1. The van der Waals surface area contributed by atoms with Gasteiger partial charge >= 0.3 is 0 Å². The van der Waals surface area contributed by atoms with Crippen molar-refractivity contribution in [2.75, 3.05) is 5.73 Å². The number of hydrogen-bond acceptors (Lipinski definition) is 2. The van der Waals surface area contributed by atoms with E-state index in [0.29, 0.717) is 5.95 Å². The Labute approximate surface area is 89.6 Å². The number of nitrogens with zero attached hydrogens (tertiary/aromatic N) is 2. The molecular weight excluding hydrogens is 186 g/mol. The minimum atomic E-state index is 0.539. The second-order valence-electron chi connectivity index (χ2n) is 3.96. The van der Waals surface area contributed by atoms with Gasteiger partial charge in [0.05, 0.1) is 5.69 Å². The third kappa shape index (κ3) is 1.86. The van der Waals surface area contributed by atoms with Crippen LogP contribution in [0.4, 0.5) is 5.95 Å². The van der Waals surface area contributed by atoms with Crippen molar-refractivity contribution in [1.29, 1.82) is 0 Å². The number of nitrogen functional groups attached to an aromatic ring is 1. The monoisotopic (exact) mass is 201 g/mol. The Hall–Kier alpha value is -1.77. The summed E-state index contributed by atoms with van der Waals surface area (Å²) in [6, 6.07) is 6.35. The lowest BCUT2D eigenvalue weighted by molar-refractivity contribution is 1.06. The Bertz CT molecular complexity index is 477. The average Bonchev–Trinajstić information content (AvgIpc) is 2.43. The van der Waals surface area contributed by atoms with Crippen molar-refractivity contribution in [3.63, 3.8) is 0 Å². The Morgan fingerprint density at radius 1 is 1.07 bits per heavy atom. The summed E-state index contributed by atoms with van der Waals surface area (Å²) in [5, 5.41) is 0. The highest BCUT2D eigenvalue weighted by molar-refractivity contribution is 5.44. The highest BCUT2D eigenvalue weighted by Gasteiger charge is 2.04. The second-order valence-corrected chi connectivity index (χ2v) is 3.96. The van der Waals surface area contributed by atoms with Crippen LogP contribution in [0.3, 0.4) is 0 Å². The van der Waals surface area contributed by atoms with Gasteiger partial charge in [0.2, 0.25) is 5.95 Å². The van der Waals surface area contributed by atoms with Crippen molar-refractivity contribution in [2.24, 2.45) is 0 Å². The first-order chi connectivity index (χ1) is 7.06. The molecule has 2 rings (SSSR count). The maximum Gasteiger partial charge on any atom is 0.205 e. The molecule has 1 aromatic carbocycles. The molecule has 0 aliphatic heterocycles. The molecular formula is C12H15N3. The Kier molecular flexibility index (Phi) is 2.23. The van der Waals surface area contributed by atoms with Crippen molar-refractivity contribution in [2.45, 2.75) is 20.8 Å². The van der Waals surface area contributed by atoms with E-state index in [4.69, 9.17) is 5.73 Å². The molecule has 0 atom stereocenters. The topological polar surface area (TPSA) is 43.8 Å². The normalized spacial score (nSPS) is 10.6. The van der Waals surface area contributed by atoms with Gasteiger partial charge in [-0.3, -0.25) is 4.57 Å². The molecule has 78 valence electrons. The Balaban J connectivity index is 2.58. The van der Waals surface area contributed by atoms with Gasteiger partial charge in [-0.15, -0.1) is 0 Å². The molecule has 1 aromatic heterocycles. The maximum atomic E-state index is 5.83. The van der Waals surface area contributed by atoms with Gasteiger partial charge in [0.1, 0.15) is 0 Å². The van der Waals surface area contributed by atoms with E-state index in [1.165, 1.54) is 11.1 Å². The van der Waals surface area contributed by atoms with Crippen LogP contribution in [-0.4, -0.2) is 9.55 Å². The van der Waals surface area contributed by atoms with Gasteiger partial charge in [-0.25, -0.2) is 4.98 Å². The van der Waals surface area contributed by atoms with E-state index in [-0.39, 0.29) is 0 Å². The van der Waals surface area contributed by atoms with Crippen molar-refractivity contribution < 1.29 is 0 Å². The fraction of sp³-hybridized carbons (Fsp3) is 0.250. The minimum Gasteiger partial charge on any atom is -0.369 e. The van der Waals surface area contributed by atoms with Gasteiger partial charge in [0.15, 0.2) is 0 Å². The number of benzene rings is 1. The van der Waals surface area contributed by atoms with E-state index < -0.39 is 0 Å². The smallest absolute Gasteiger partial charge is 0.205 e. The molecule has 0 amide bonds. The van der Waals surface area contributed by atoms with Gasteiger partial charge < -0.3 is 5.73 Å². The molecule has 0 aliphatic carbocycles. The van der Waals surface area contributed by atoms with E-state index in [1.807, 2.05) is 17.7 Å². The van der Waals surface area contributed by atoms with Crippen LogP contribution in [0.2, 0.25) is 0 Å². The van der Waals surface area contributed by atoms with Crippen LogP contribution in [0, 0.1) is 20.8 Å². The molecule has 3 nitrogen and oxygen atoms in total. The van der Waals surface area contributed by atoms with Gasteiger partial charge in [-0.05, 0) is 44.0 Å². The largest absolute Gasteiger partial charge is 0.369 e. The predicted molar refractivity (Wildman–Crippen MR) is 62.2 cm³/mol. The van der Waals surface area contributed by atoms with Crippen LogP contribution in [0.1, 0.15) is 16.8 Å². The molecule has 0 unspecified atom stereocenters. The van der Waals surface area contributed by atoms with E-state index in [9.17, 15) is 0 Å². The van der Waals surface area contributed by atoms with E-state index in [2.05, 4.69) is 37.0 Å². The highest BCUT2D eigenvalue weighted by Crippen LogP contribution is 2.17. The lowest BCUT2D eigenvalue weighted by Crippen LogP contribution is -2.00. The minimum absolute atomic E-state index is 0.539. The van der Waals surface area contributed by atoms with E-state index in [0.717, 1.165) is 11.4 Å². The van der Waals surface area contributed by atoms with Crippen LogP contribution in [0.15, 0.2) is 24.4 Å².